The molecule has 2 aromatic carbocycles. The molecule has 3 heteroatoms. The van der Waals surface area contributed by atoms with Crippen molar-refractivity contribution in [3.05, 3.63) is 66.4 Å². The van der Waals surface area contributed by atoms with Crippen molar-refractivity contribution in [3.63, 3.8) is 0 Å². The van der Waals surface area contributed by atoms with Gasteiger partial charge in [0.05, 0.1) is 5.69 Å². The third-order valence-corrected chi connectivity index (χ3v) is 7.52. The summed E-state index contributed by atoms with van der Waals surface area (Å²) >= 11 is 0. The minimum Gasteiger partial charge on any atom is -0.356 e. The first-order valence-corrected chi connectivity index (χ1v) is 11.1. The molecule has 0 radical (unpaired) electrons. The molecule has 3 nitrogen and oxygen atoms in total. The van der Waals surface area contributed by atoms with Gasteiger partial charge >= 0.3 is 0 Å². The van der Waals surface area contributed by atoms with Gasteiger partial charge in [0.25, 0.3) is 0 Å². The second-order valence-corrected chi connectivity index (χ2v) is 9.68. The van der Waals surface area contributed by atoms with Crippen LogP contribution in [0.5, 0.6) is 0 Å². The van der Waals surface area contributed by atoms with Crippen LogP contribution in [0, 0.1) is 17.8 Å². The lowest BCUT2D eigenvalue weighted by Crippen LogP contribution is -2.58. The Hall–Kier alpha value is -2.39. The second-order valence-electron chi connectivity index (χ2n) is 9.68. The summed E-state index contributed by atoms with van der Waals surface area (Å²) in [6, 6.07) is 21.1. The molecule has 29 heavy (non-hydrogen) atoms. The molecule has 1 N–H and O–H groups in total. The Morgan fingerprint density at radius 1 is 0.793 bits per heavy atom. The molecule has 4 fully saturated rings. The van der Waals surface area contributed by atoms with Gasteiger partial charge in [-0.1, -0.05) is 59.8 Å². The summed E-state index contributed by atoms with van der Waals surface area (Å²) in [5.74, 6) is 3.74. The summed E-state index contributed by atoms with van der Waals surface area (Å²) < 4.78 is 5.68. The number of hydrogen-bond donors (Lipinski definition) is 1. The molecule has 0 atom stereocenters. The Balaban J connectivity index is 1.14. The monoisotopic (exact) mass is 384 g/mol. The first-order chi connectivity index (χ1) is 14.2. The highest BCUT2D eigenvalue weighted by atomic mass is 16.5. The minimum absolute atomic E-state index is 0.366. The average molecular weight is 385 g/mol. The first kappa shape index (κ1) is 17.5. The van der Waals surface area contributed by atoms with E-state index in [4.69, 9.17) is 4.52 Å². The summed E-state index contributed by atoms with van der Waals surface area (Å²) in [5.41, 5.74) is 4.92. The maximum Gasteiger partial charge on any atom is 0.167 e. The first-order valence-electron chi connectivity index (χ1n) is 11.1. The number of aromatic nitrogens is 1. The van der Waals surface area contributed by atoms with Crippen LogP contribution < -0.4 is 5.32 Å². The minimum atomic E-state index is 0.366. The van der Waals surface area contributed by atoms with Gasteiger partial charge in [0.2, 0.25) is 0 Å². The predicted octanol–water partition coefficient (Wildman–Crippen LogP) is 6.07. The topological polar surface area (TPSA) is 38.1 Å². The maximum atomic E-state index is 5.68. The van der Waals surface area contributed by atoms with Crippen LogP contribution in [0.3, 0.4) is 0 Å². The molecule has 3 aromatic rings. The third-order valence-electron chi connectivity index (χ3n) is 7.52. The Kier molecular flexibility index (Phi) is 4.12. The number of hydrogen-bond acceptors (Lipinski definition) is 3. The van der Waals surface area contributed by atoms with Crippen LogP contribution in [0.2, 0.25) is 0 Å². The Bertz CT molecular complexity index is 954. The van der Waals surface area contributed by atoms with Crippen LogP contribution in [-0.4, -0.2) is 10.7 Å². The van der Waals surface area contributed by atoms with Crippen molar-refractivity contribution in [2.24, 2.45) is 17.8 Å². The third kappa shape index (κ3) is 3.32. The van der Waals surface area contributed by atoms with Crippen molar-refractivity contribution in [2.45, 2.75) is 50.6 Å². The zero-order valence-corrected chi connectivity index (χ0v) is 16.8. The van der Waals surface area contributed by atoms with E-state index in [1.54, 1.807) is 0 Å². The van der Waals surface area contributed by atoms with E-state index in [-0.39, 0.29) is 0 Å². The van der Waals surface area contributed by atoms with Gasteiger partial charge in [-0.05, 0) is 67.4 Å². The van der Waals surface area contributed by atoms with Crippen LogP contribution in [0.1, 0.15) is 44.2 Å². The standard InChI is InChI=1S/C26H28N2O/c1-2-4-21(5-3-1)22-6-8-23(9-7-22)25-13-24(28-29-25)17-27-26-14-18-10-19(15-26)12-20(11-18)16-26/h1-9,13,18-20,27H,10-12,14-17H2. The van der Waals surface area contributed by atoms with Crippen molar-refractivity contribution in [2.75, 3.05) is 0 Å². The van der Waals surface area contributed by atoms with E-state index in [1.165, 1.54) is 49.7 Å². The normalized spacial score (nSPS) is 30.0. The number of nitrogens with one attached hydrogen (secondary N) is 1. The summed E-state index contributed by atoms with van der Waals surface area (Å²) in [6.45, 7) is 0.817. The molecule has 4 aliphatic carbocycles. The second kappa shape index (κ2) is 6.84. The molecule has 4 bridgehead atoms. The van der Waals surface area contributed by atoms with E-state index < -0.39 is 0 Å². The Morgan fingerprint density at radius 2 is 1.38 bits per heavy atom. The van der Waals surface area contributed by atoms with E-state index in [0.717, 1.165) is 41.3 Å². The van der Waals surface area contributed by atoms with Gasteiger partial charge in [-0.25, -0.2) is 0 Å². The van der Waals surface area contributed by atoms with Gasteiger partial charge in [0.15, 0.2) is 5.76 Å². The molecular weight excluding hydrogens is 356 g/mol. The van der Waals surface area contributed by atoms with Crippen LogP contribution in [-0.2, 0) is 6.54 Å². The molecule has 148 valence electrons. The molecule has 0 unspecified atom stereocenters. The van der Waals surface area contributed by atoms with Crippen molar-refractivity contribution < 1.29 is 4.52 Å². The van der Waals surface area contributed by atoms with Crippen molar-refractivity contribution in [1.82, 2.24) is 10.5 Å². The van der Waals surface area contributed by atoms with Gasteiger partial charge in [-0.15, -0.1) is 0 Å². The fraction of sp³-hybridized carbons (Fsp3) is 0.423. The summed E-state index contributed by atoms with van der Waals surface area (Å²) in [7, 11) is 0. The molecule has 1 heterocycles. The van der Waals surface area contributed by atoms with Crippen LogP contribution in [0.25, 0.3) is 22.5 Å². The highest BCUT2D eigenvalue weighted by Crippen LogP contribution is 2.55. The lowest BCUT2D eigenvalue weighted by atomic mass is 9.53. The SMILES string of the molecule is c1ccc(-c2ccc(-c3cc(CNC45CC6CC(CC(C6)C4)C5)no3)cc2)cc1. The number of nitrogens with zero attached hydrogens (tertiary/aromatic N) is 1. The molecule has 4 saturated carbocycles. The molecule has 0 saturated heterocycles. The molecule has 0 aliphatic heterocycles. The highest BCUT2D eigenvalue weighted by Gasteiger charge is 2.50. The summed E-state index contributed by atoms with van der Waals surface area (Å²) in [5, 5.41) is 8.27. The van der Waals surface area contributed by atoms with Gasteiger partial charge in [0, 0.05) is 23.7 Å². The number of benzene rings is 2. The predicted molar refractivity (Wildman–Crippen MR) is 115 cm³/mol. The molecule has 0 amide bonds. The van der Waals surface area contributed by atoms with Gasteiger partial charge < -0.3 is 9.84 Å². The van der Waals surface area contributed by atoms with Crippen LogP contribution in [0.15, 0.2) is 65.2 Å². The molecule has 7 rings (SSSR count). The van der Waals surface area contributed by atoms with E-state index >= 15 is 0 Å². The lowest BCUT2D eigenvalue weighted by molar-refractivity contribution is -0.0208. The van der Waals surface area contributed by atoms with E-state index in [2.05, 4.69) is 65.1 Å². The average Bonchev–Trinajstić information content (AvgIpc) is 3.21. The summed E-state index contributed by atoms with van der Waals surface area (Å²) in [6.07, 6.45) is 8.54. The molecule has 4 aliphatic rings. The maximum absolute atomic E-state index is 5.68. The quantitative estimate of drug-likeness (QED) is 0.580. The van der Waals surface area contributed by atoms with Crippen LogP contribution >= 0.6 is 0 Å². The molecule has 0 spiro atoms. The zero-order chi connectivity index (χ0) is 19.3. The highest BCUT2D eigenvalue weighted by molar-refractivity contribution is 5.68. The van der Waals surface area contributed by atoms with Crippen molar-refractivity contribution >= 4 is 0 Å². The van der Waals surface area contributed by atoms with Crippen molar-refractivity contribution in [3.8, 4) is 22.5 Å². The number of rotatable bonds is 5. The molecule has 1 aromatic heterocycles. The van der Waals surface area contributed by atoms with Crippen molar-refractivity contribution in [1.29, 1.82) is 0 Å². The van der Waals surface area contributed by atoms with Crippen LogP contribution in [0.4, 0.5) is 0 Å². The Labute approximate surface area is 172 Å². The van der Waals surface area contributed by atoms with Gasteiger partial charge in [0.1, 0.15) is 0 Å². The summed E-state index contributed by atoms with van der Waals surface area (Å²) in [4.78, 5) is 0. The molecular formula is C26H28N2O. The zero-order valence-electron chi connectivity index (χ0n) is 16.8. The van der Waals surface area contributed by atoms with E-state index in [9.17, 15) is 0 Å². The lowest BCUT2D eigenvalue weighted by Gasteiger charge is -2.57. The Morgan fingerprint density at radius 3 is 2.03 bits per heavy atom. The fourth-order valence-corrected chi connectivity index (χ4v) is 6.59. The largest absolute Gasteiger partial charge is 0.356 e. The van der Waals surface area contributed by atoms with Gasteiger partial charge in [-0.3, -0.25) is 0 Å². The van der Waals surface area contributed by atoms with E-state index in [1.807, 2.05) is 6.07 Å². The van der Waals surface area contributed by atoms with Gasteiger partial charge in [-0.2, -0.15) is 0 Å². The smallest absolute Gasteiger partial charge is 0.167 e. The van der Waals surface area contributed by atoms with E-state index in [0.29, 0.717) is 5.54 Å². The fourth-order valence-electron chi connectivity index (χ4n) is 6.59.